The largest absolute Gasteiger partial charge is 0.330 e. The molecule has 1 rings (SSSR count). The second-order valence-corrected chi connectivity index (χ2v) is 3.17. The highest BCUT2D eigenvalue weighted by Crippen LogP contribution is 1.96. The van der Waals surface area contributed by atoms with E-state index in [9.17, 15) is 4.79 Å². The molecular weight excluding hydrogens is 176 g/mol. The number of rotatable bonds is 6. The van der Waals surface area contributed by atoms with Crippen LogP contribution in [0.4, 0.5) is 0 Å². The molecule has 0 spiro atoms. The molecule has 0 aliphatic heterocycles. The van der Waals surface area contributed by atoms with Crippen LogP contribution < -0.4 is 11.1 Å². The standard InChI is InChI=1S/C11H16N2O/c12-7-6-11(14)9-13-8-10-4-2-1-3-5-10/h1-5,13H,6-9,12H2. The van der Waals surface area contributed by atoms with Crippen LogP contribution in [0.2, 0.25) is 0 Å². The number of hydrogen-bond donors (Lipinski definition) is 2. The van der Waals surface area contributed by atoms with Gasteiger partial charge in [-0.2, -0.15) is 0 Å². The minimum absolute atomic E-state index is 0.170. The van der Waals surface area contributed by atoms with Crippen LogP contribution in [0.1, 0.15) is 12.0 Å². The quantitative estimate of drug-likeness (QED) is 0.697. The van der Waals surface area contributed by atoms with Crippen molar-refractivity contribution in [1.29, 1.82) is 0 Å². The first-order valence-electron chi connectivity index (χ1n) is 4.79. The Morgan fingerprint density at radius 2 is 2.00 bits per heavy atom. The molecule has 0 saturated carbocycles. The van der Waals surface area contributed by atoms with Gasteiger partial charge in [0.05, 0.1) is 6.54 Å². The molecule has 0 bridgehead atoms. The van der Waals surface area contributed by atoms with E-state index in [1.165, 1.54) is 5.56 Å². The Hall–Kier alpha value is -1.19. The summed E-state index contributed by atoms with van der Waals surface area (Å²) in [7, 11) is 0. The van der Waals surface area contributed by atoms with Gasteiger partial charge < -0.3 is 11.1 Å². The zero-order chi connectivity index (χ0) is 10.2. The summed E-state index contributed by atoms with van der Waals surface area (Å²) < 4.78 is 0. The number of nitrogens with one attached hydrogen (secondary N) is 1. The molecule has 0 amide bonds. The van der Waals surface area contributed by atoms with Crippen molar-refractivity contribution in [2.24, 2.45) is 5.73 Å². The molecule has 3 N–H and O–H groups in total. The van der Waals surface area contributed by atoms with Gasteiger partial charge in [-0.15, -0.1) is 0 Å². The Labute approximate surface area is 84.3 Å². The topological polar surface area (TPSA) is 55.1 Å². The van der Waals surface area contributed by atoms with Crippen molar-refractivity contribution >= 4 is 5.78 Å². The van der Waals surface area contributed by atoms with Crippen molar-refractivity contribution in [3.05, 3.63) is 35.9 Å². The third kappa shape index (κ3) is 4.16. The maximum atomic E-state index is 11.1. The molecular formula is C11H16N2O. The van der Waals surface area contributed by atoms with Crippen LogP contribution in [0.25, 0.3) is 0 Å². The first kappa shape index (κ1) is 10.9. The molecule has 0 unspecified atom stereocenters. The molecule has 0 aromatic heterocycles. The number of carbonyl (C=O) groups is 1. The van der Waals surface area contributed by atoms with Crippen molar-refractivity contribution < 1.29 is 4.79 Å². The highest BCUT2D eigenvalue weighted by Gasteiger charge is 1.98. The molecule has 14 heavy (non-hydrogen) atoms. The number of carbonyl (C=O) groups excluding carboxylic acids is 1. The molecule has 3 heteroatoms. The van der Waals surface area contributed by atoms with Crippen molar-refractivity contribution in [3.63, 3.8) is 0 Å². The minimum atomic E-state index is 0.170. The smallest absolute Gasteiger partial charge is 0.147 e. The second kappa shape index (κ2) is 6.29. The van der Waals surface area contributed by atoms with Gasteiger partial charge in [0.1, 0.15) is 5.78 Å². The van der Waals surface area contributed by atoms with E-state index in [1.807, 2.05) is 30.3 Å². The van der Waals surface area contributed by atoms with Crippen LogP contribution in [-0.4, -0.2) is 18.9 Å². The van der Waals surface area contributed by atoms with Gasteiger partial charge in [-0.1, -0.05) is 30.3 Å². The lowest BCUT2D eigenvalue weighted by Crippen LogP contribution is -2.24. The fourth-order valence-electron chi connectivity index (χ4n) is 1.19. The first-order valence-corrected chi connectivity index (χ1v) is 4.79. The normalized spacial score (nSPS) is 10.1. The van der Waals surface area contributed by atoms with Gasteiger partial charge in [0.2, 0.25) is 0 Å². The van der Waals surface area contributed by atoms with Gasteiger partial charge in [0, 0.05) is 13.0 Å². The third-order valence-corrected chi connectivity index (χ3v) is 1.92. The van der Waals surface area contributed by atoms with Crippen LogP contribution in [0.15, 0.2) is 30.3 Å². The average Bonchev–Trinajstić information content (AvgIpc) is 2.20. The lowest BCUT2D eigenvalue weighted by atomic mass is 10.2. The van der Waals surface area contributed by atoms with Crippen LogP contribution in [0, 0.1) is 0 Å². The zero-order valence-corrected chi connectivity index (χ0v) is 8.20. The van der Waals surface area contributed by atoms with Crippen molar-refractivity contribution in [2.45, 2.75) is 13.0 Å². The Morgan fingerprint density at radius 1 is 1.29 bits per heavy atom. The predicted octanol–water partition coefficient (Wildman–Crippen LogP) is 0.694. The molecule has 0 aliphatic rings. The predicted molar refractivity (Wildman–Crippen MR) is 56.8 cm³/mol. The molecule has 1 aromatic rings. The molecule has 0 fully saturated rings. The lowest BCUT2D eigenvalue weighted by molar-refractivity contribution is -0.118. The van der Waals surface area contributed by atoms with Crippen LogP contribution in [-0.2, 0) is 11.3 Å². The molecule has 0 heterocycles. The average molecular weight is 192 g/mol. The number of benzene rings is 1. The molecule has 3 nitrogen and oxygen atoms in total. The molecule has 76 valence electrons. The van der Waals surface area contributed by atoms with Gasteiger partial charge in [0.25, 0.3) is 0 Å². The molecule has 1 aromatic carbocycles. The summed E-state index contributed by atoms with van der Waals surface area (Å²) in [6.45, 7) is 1.58. The van der Waals surface area contributed by atoms with E-state index in [4.69, 9.17) is 5.73 Å². The molecule has 0 atom stereocenters. The van der Waals surface area contributed by atoms with Gasteiger partial charge in [-0.05, 0) is 12.1 Å². The Morgan fingerprint density at radius 3 is 2.64 bits per heavy atom. The van der Waals surface area contributed by atoms with Gasteiger partial charge >= 0.3 is 0 Å². The first-order chi connectivity index (χ1) is 6.83. The summed E-state index contributed by atoms with van der Waals surface area (Å²) >= 11 is 0. The van der Waals surface area contributed by atoms with E-state index in [2.05, 4.69) is 5.32 Å². The lowest BCUT2D eigenvalue weighted by Gasteiger charge is -2.03. The number of Topliss-reactive ketones (excluding diaryl/α,β-unsaturated/α-hetero) is 1. The summed E-state index contributed by atoms with van der Waals surface area (Å²) in [4.78, 5) is 11.1. The number of hydrogen-bond acceptors (Lipinski definition) is 3. The highest BCUT2D eigenvalue weighted by atomic mass is 16.1. The highest BCUT2D eigenvalue weighted by molar-refractivity contribution is 5.80. The Balaban J connectivity index is 2.19. The summed E-state index contributed by atoms with van der Waals surface area (Å²) in [6.07, 6.45) is 0.460. The maximum Gasteiger partial charge on any atom is 0.147 e. The molecule has 0 saturated heterocycles. The maximum absolute atomic E-state index is 11.1. The second-order valence-electron chi connectivity index (χ2n) is 3.17. The van der Waals surface area contributed by atoms with Gasteiger partial charge in [-0.3, -0.25) is 4.79 Å². The summed E-state index contributed by atoms with van der Waals surface area (Å²) in [5, 5.41) is 3.08. The molecule has 0 aliphatic carbocycles. The summed E-state index contributed by atoms with van der Waals surface area (Å²) in [6, 6.07) is 10.0. The van der Waals surface area contributed by atoms with E-state index >= 15 is 0 Å². The molecule has 0 radical (unpaired) electrons. The Kier molecular flexibility index (Phi) is 4.89. The van der Waals surface area contributed by atoms with Crippen molar-refractivity contribution in [2.75, 3.05) is 13.1 Å². The fraction of sp³-hybridized carbons (Fsp3) is 0.364. The number of nitrogens with two attached hydrogens (primary N) is 1. The van der Waals surface area contributed by atoms with Crippen LogP contribution in [0.3, 0.4) is 0 Å². The van der Waals surface area contributed by atoms with Crippen molar-refractivity contribution in [1.82, 2.24) is 5.32 Å². The van der Waals surface area contributed by atoms with E-state index in [0.717, 1.165) is 6.54 Å². The van der Waals surface area contributed by atoms with E-state index in [-0.39, 0.29) is 5.78 Å². The van der Waals surface area contributed by atoms with E-state index in [1.54, 1.807) is 0 Å². The van der Waals surface area contributed by atoms with Crippen molar-refractivity contribution in [3.8, 4) is 0 Å². The summed E-state index contributed by atoms with van der Waals surface area (Å²) in [5.41, 5.74) is 6.45. The van der Waals surface area contributed by atoms with Crippen LogP contribution >= 0.6 is 0 Å². The Bertz CT molecular complexity index is 272. The van der Waals surface area contributed by atoms with E-state index in [0.29, 0.717) is 19.5 Å². The van der Waals surface area contributed by atoms with Gasteiger partial charge in [-0.25, -0.2) is 0 Å². The monoisotopic (exact) mass is 192 g/mol. The number of ketones is 1. The van der Waals surface area contributed by atoms with Crippen LogP contribution in [0.5, 0.6) is 0 Å². The zero-order valence-electron chi connectivity index (χ0n) is 8.20. The SMILES string of the molecule is NCCC(=O)CNCc1ccccc1. The van der Waals surface area contributed by atoms with E-state index < -0.39 is 0 Å². The fourth-order valence-corrected chi connectivity index (χ4v) is 1.19. The minimum Gasteiger partial charge on any atom is -0.330 e. The van der Waals surface area contributed by atoms with Gasteiger partial charge in [0.15, 0.2) is 0 Å². The summed E-state index contributed by atoms with van der Waals surface area (Å²) in [5.74, 6) is 0.170. The third-order valence-electron chi connectivity index (χ3n) is 1.92.